The Labute approximate surface area is 121 Å². The zero-order chi connectivity index (χ0) is 15.6. The van der Waals surface area contributed by atoms with Crippen molar-refractivity contribution in [1.82, 2.24) is 10.8 Å². The van der Waals surface area contributed by atoms with Crippen LogP contribution in [0.2, 0.25) is 0 Å². The van der Waals surface area contributed by atoms with E-state index >= 15 is 0 Å². The van der Waals surface area contributed by atoms with Gasteiger partial charge < -0.3 is 15.5 Å². The molecule has 0 radical (unpaired) electrons. The second kappa shape index (κ2) is 6.21. The zero-order valence-corrected chi connectivity index (χ0v) is 11.5. The second-order valence-electron chi connectivity index (χ2n) is 5.24. The number of benzene rings is 1. The molecule has 0 aliphatic heterocycles. The van der Waals surface area contributed by atoms with Crippen LogP contribution in [0, 0.1) is 12.8 Å². The second-order valence-corrected chi connectivity index (χ2v) is 5.24. The number of aliphatic hydroxyl groups excluding tert-OH is 2. The quantitative estimate of drug-likeness (QED) is 0.374. The van der Waals surface area contributed by atoms with Gasteiger partial charge in [-0.05, 0) is 25.5 Å². The lowest BCUT2D eigenvalue weighted by molar-refractivity contribution is -0.134. The van der Waals surface area contributed by atoms with Gasteiger partial charge in [0.25, 0.3) is 5.91 Å². The first-order valence-corrected chi connectivity index (χ1v) is 6.61. The van der Waals surface area contributed by atoms with Gasteiger partial charge in [-0.3, -0.25) is 14.8 Å². The van der Waals surface area contributed by atoms with Crippen LogP contribution in [0.5, 0.6) is 0 Å². The average Bonchev–Trinajstić information content (AvgIpc) is 2.75. The lowest BCUT2D eigenvalue weighted by Crippen LogP contribution is -2.49. The molecular weight excluding hydrogens is 276 g/mol. The van der Waals surface area contributed by atoms with Crippen LogP contribution in [0.25, 0.3) is 0 Å². The smallest absolute Gasteiger partial charge is 0.251 e. The predicted octanol–water partition coefficient (Wildman–Crippen LogP) is -0.659. The molecule has 5 N–H and O–H groups in total. The van der Waals surface area contributed by atoms with Crippen molar-refractivity contribution in [2.24, 2.45) is 5.92 Å². The van der Waals surface area contributed by atoms with Crippen molar-refractivity contribution < 1.29 is 25.0 Å². The largest absolute Gasteiger partial charge is 0.390 e. The van der Waals surface area contributed by atoms with Crippen molar-refractivity contribution >= 4 is 11.8 Å². The maximum absolute atomic E-state index is 12.1. The normalized spacial score (nSPS) is 28.2. The molecule has 0 heterocycles. The number of hydroxylamine groups is 1. The topological polar surface area (TPSA) is 119 Å². The lowest BCUT2D eigenvalue weighted by atomic mass is 10.0. The van der Waals surface area contributed by atoms with E-state index in [4.69, 9.17) is 5.21 Å². The molecule has 1 aliphatic carbocycles. The monoisotopic (exact) mass is 294 g/mol. The van der Waals surface area contributed by atoms with Gasteiger partial charge in [0.15, 0.2) is 0 Å². The lowest BCUT2D eigenvalue weighted by Gasteiger charge is -2.22. The number of aryl methyl sites for hydroxylation is 1. The standard InChI is InChI=1S/C14H18N2O5/c1-7-2-4-8(5-3-7)13(19)15-11-9(14(20)16-21)6-10(17)12(11)18/h2-5,9-12,17-18,21H,6H2,1H3,(H,15,19)(H,16,20)/t9-,10-,11-,12-/m0/s1. The molecule has 1 saturated carbocycles. The molecule has 7 heteroatoms. The number of rotatable bonds is 3. The molecule has 21 heavy (non-hydrogen) atoms. The van der Waals surface area contributed by atoms with Gasteiger partial charge in [0.1, 0.15) is 6.10 Å². The Bertz CT molecular complexity index is 531. The predicted molar refractivity (Wildman–Crippen MR) is 72.5 cm³/mol. The third kappa shape index (κ3) is 3.21. The Balaban J connectivity index is 2.13. The number of aliphatic hydroxyl groups is 2. The minimum absolute atomic E-state index is 0.0353. The first-order chi connectivity index (χ1) is 9.93. The molecule has 7 nitrogen and oxygen atoms in total. The molecule has 0 bridgehead atoms. The van der Waals surface area contributed by atoms with Crippen LogP contribution in [-0.4, -0.2) is 45.5 Å². The van der Waals surface area contributed by atoms with Crippen molar-refractivity contribution in [2.45, 2.75) is 31.6 Å². The van der Waals surface area contributed by atoms with Gasteiger partial charge in [-0.15, -0.1) is 0 Å². The van der Waals surface area contributed by atoms with Gasteiger partial charge in [0, 0.05) is 5.56 Å². The van der Waals surface area contributed by atoms with Crippen molar-refractivity contribution in [3.63, 3.8) is 0 Å². The van der Waals surface area contributed by atoms with Gasteiger partial charge in [-0.2, -0.15) is 0 Å². The van der Waals surface area contributed by atoms with Crippen LogP contribution in [0.1, 0.15) is 22.3 Å². The molecule has 2 rings (SSSR count). The summed E-state index contributed by atoms with van der Waals surface area (Å²) in [5.41, 5.74) is 2.87. The molecule has 114 valence electrons. The Hall–Kier alpha value is -1.96. The van der Waals surface area contributed by atoms with E-state index in [9.17, 15) is 19.8 Å². The fourth-order valence-corrected chi connectivity index (χ4v) is 2.50. The molecule has 0 unspecified atom stereocenters. The summed E-state index contributed by atoms with van der Waals surface area (Å²) in [6.07, 6.45) is -2.43. The maximum Gasteiger partial charge on any atom is 0.251 e. The van der Waals surface area contributed by atoms with Crippen LogP contribution >= 0.6 is 0 Å². The Morgan fingerprint density at radius 1 is 1.19 bits per heavy atom. The van der Waals surface area contributed by atoms with Crippen molar-refractivity contribution in [3.05, 3.63) is 35.4 Å². The van der Waals surface area contributed by atoms with E-state index in [1.165, 1.54) is 5.48 Å². The summed E-state index contributed by atoms with van der Waals surface area (Å²) in [5.74, 6) is -2.10. The van der Waals surface area contributed by atoms with Crippen molar-refractivity contribution in [3.8, 4) is 0 Å². The Morgan fingerprint density at radius 3 is 2.38 bits per heavy atom. The minimum atomic E-state index is -1.26. The van der Waals surface area contributed by atoms with Crippen molar-refractivity contribution in [2.75, 3.05) is 0 Å². The van der Waals surface area contributed by atoms with E-state index in [1.54, 1.807) is 24.3 Å². The maximum atomic E-state index is 12.1. The molecule has 1 aliphatic rings. The molecular formula is C14H18N2O5. The van der Waals surface area contributed by atoms with E-state index in [0.29, 0.717) is 5.56 Å². The van der Waals surface area contributed by atoms with Crippen LogP contribution in [-0.2, 0) is 4.79 Å². The highest BCUT2D eigenvalue weighted by molar-refractivity contribution is 5.95. The van der Waals surface area contributed by atoms with E-state index < -0.39 is 36.0 Å². The summed E-state index contributed by atoms with van der Waals surface area (Å²) in [7, 11) is 0. The van der Waals surface area contributed by atoms with E-state index in [-0.39, 0.29) is 6.42 Å². The van der Waals surface area contributed by atoms with Crippen LogP contribution in [0.3, 0.4) is 0 Å². The molecule has 0 saturated heterocycles. The summed E-state index contributed by atoms with van der Waals surface area (Å²) < 4.78 is 0. The molecule has 0 spiro atoms. The van der Waals surface area contributed by atoms with Gasteiger partial charge in [0.2, 0.25) is 5.91 Å². The highest BCUT2D eigenvalue weighted by Crippen LogP contribution is 2.27. The molecule has 1 fully saturated rings. The molecule has 1 aromatic rings. The fraction of sp³-hybridized carbons (Fsp3) is 0.429. The zero-order valence-electron chi connectivity index (χ0n) is 11.5. The number of hydrogen-bond acceptors (Lipinski definition) is 5. The highest BCUT2D eigenvalue weighted by atomic mass is 16.5. The highest BCUT2D eigenvalue weighted by Gasteiger charge is 2.46. The summed E-state index contributed by atoms with van der Waals surface area (Å²) in [4.78, 5) is 23.7. The molecule has 4 atom stereocenters. The summed E-state index contributed by atoms with van der Waals surface area (Å²) in [6.45, 7) is 1.89. The summed E-state index contributed by atoms with van der Waals surface area (Å²) >= 11 is 0. The van der Waals surface area contributed by atoms with Gasteiger partial charge in [0.05, 0.1) is 18.1 Å². The number of carbonyl (C=O) groups is 2. The van der Waals surface area contributed by atoms with Gasteiger partial charge in [-0.1, -0.05) is 17.7 Å². The molecule has 2 amide bonds. The Morgan fingerprint density at radius 2 is 1.81 bits per heavy atom. The first-order valence-electron chi connectivity index (χ1n) is 6.61. The number of carbonyl (C=O) groups excluding carboxylic acids is 2. The van der Waals surface area contributed by atoms with Crippen LogP contribution in [0.4, 0.5) is 0 Å². The minimum Gasteiger partial charge on any atom is -0.390 e. The van der Waals surface area contributed by atoms with Crippen LogP contribution in [0.15, 0.2) is 24.3 Å². The fourth-order valence-electron chi connectivity index (χ4n) is 2.50. The van der Waals surface area contributed by atoms with E-state index in [1.807, 2.05) is 6.92 Å². The molecule has 0 aromatic heterocycles. The number of amides is 2. The number of hydrogen-bond donors (Lipinski definition) is 5. The van der Waals surface area contributed by atoms with Gasteiger partial charge in [-0.25, -0.2) is 5.48 Å². The number of nitrogens with one attached hydrogen (secondary N) is 2. The Kier molecular flexibility index (Phi) is 4.56. The SMILES string of the molecule is Cc1ccc(C(=O)N[C@@H]2[C@@H](O)[C@@H](O)C[C@@H]2C(=O)NO)cc1. The third-order valence-electron chi connectivity index (χ3n) is 3.75. The van der Waals surface area contributed by atoms with E-state index in [2.05, 4.69) is 5.32 Å². The van der Waals surface area contributed by atoms with Gasteiger partial charge >= 0.3 is 0 Å². The van der Waals surface area contributed by atoms with Crippen molar-refractivity contribution in [1.29, 1.82) is 0 Å². The van der Waals surface area contributed by atoms with E-state index in [0.717, 1.165) is 5.56 Å². The summed E-state index contributed by atoms with van der Waals surface area (Å²) in [5, 5.41) is 30.8. The molecule has 1 aromatic carbocycles. The first kappa shape index (κ1) is 15.4. The third-order valence-corrected chi connectivity index (χ3v) is 3.75. The van der Waals surface area contributed by atoms with Crippen LogP contribution < -0.4 is 10.8 Å². The average molecular weight is 294 g/mol. The summed E-state index contributed by atoms with van der Waals surface area (Å²) in [6, 6.07) is 5.84.